The standard InChI is InChI=1S/C21H27NO3/c1-16(2)22(3)14-13-20(15-17-7-5-4-6-8-17)25-19-11-9-18(10-12-19)21(23)24/h4-12,16,20H,13-15H2,1-3H3,(H,23,24). The Bertz CT molecular complexity index is 653. The zero-order valence-electron chi connectivity index (χ0n) is 15.2. The average Bonchev–Trinajstić information content (AvgIpc) is 2.60. The minimum Gasteiger partial charge on any atom is -0.490 e. The van der Waals surface area contributed by atoms with Gasteiger partial charge in [-0.05, 0) is 57.1 Å². The number of hydrogen-bond donors (Lipinski definition) is 1. The molecule has 0 saturated heterocycles. The summed E-state index contributed by atoms with van der Waals surface area (Å²) in [6.07, 6.45) is 1.77. The van der Waals surface area contributed by atoms with Crippen molar-refractivity contribution in [1.29, 1.82) is 0 Å². The van der Waals surface area contributed by atoms with Crippen molar-refractivity contribution in [3.63, 3.8) is 0 Å². The normalized spacial score (nSPS) is 12.4. The van der Waals surface area contributed by atoms with Gasteiger partial charge in [0.15, 0.2) is 0 Å². The van der Waals surface area contributed by atoms with Gasteiger partial charge in [-0.15, -0.1) is 0 Å². The first-order valence-electron chi connectivity index (χ1n) is 8.70. The predicted octanol–water partition coefficient (Wildman–Crippen LogP) is 4.11. The van der Waals surface area contributed by atoms with Gasteiger partial charge in [-0.3, -0.25) is 0 Å². The van der Waals surface area contributed by atoms with Crippen LogP contribution in [0.5, 0.6) is 5.75 Å². The fraction of sp³-hybridized carbons (Fsp3) is 0.381. The number of ether oxygens (including phenoxy) is 1. The van der Waals surface area contributed by atoms with Crippen molar-refractivity contribution >= 4 is 5.97 Å². The highest BCUT2D eigenvalue weighted by atomic mass is 16.5. The van der Waals surface area contributed by atoms with Crippen LogP contribution in [0.4, 0.5) is 0 Å². The summed E-state index contributed by atoms with van der Waals surface area (Å²) < 4.78 is 6.16. The largest absolute Gasteiger partial charge is 0.490 e. The molecule has 4 nitrogen and oxygen atoms in total. The summed E-state index contributed by atoms with van der Waals surface area (Å²) in [6, 6.07) is 17.4. The summed E-state index contributed by atoms with van der Waals surface area (Å²) in [4.78, 5) is 13.3. The Morgan fingerprint density at radius 1 is 1.08 bits per heavy atom. The zero-order valence-corrected chi connectivity index (χ0v) is 15.2. The molecule has 2 rings (SSSR count). The van der Waals surface area contributed by atoms with Crippen LogP contribution < -0.4 is 4.74 Å². The van der Waals surface area contributed by atoms with E-state index in [-0.39, 0.29) is 11.7 Å². The number of benzene rings is 2. The highest BCUT2D eigenvalue weighted by molar-refractivity contribution is 5.87. The lowest BCUT2D eigenvalue weighted by Gasteiger charge is -2.25. The molecule has 2 aromatic rings. The van der Waals surface area contributed by atoms with Gasteiger partial charge in [-0.25, -0.2) is 4.79 Å². The molecule has 0 aliphatic carbocycles. The first kappa shape index (κ1) is 19.0. The van der Waals surface area contributed by atoms with E-state index in [4.69, 9.17) is 9.84 Å². The van der Waals surface area contributed by atoms with Crippen LogP contribution in [0, 0.1) is 0 Å². The van der Waals surface area contributed by atoms with Crippen LogP contribution in [0.3, 0.4) is 0 Å². The van der Waals surface area contributed by atoms with E-state index in [1.54, 1.807) is 24.3 Å². The van der Waals surface area contributed by atoms with Gasteiger partial charge in [0.1, 0.15) is 11.9 Å². The van der Waals surface area contributed by atoms with Crippen LogP contribution in [0.25, 0.3) is 0 Å². The van der Waals surface area contributed by atoms with Crippen LogP contribution in [-0.4, -0.2) is 41.7 Å². The molecule has 0 bridgehead atoms. The topological polar surface area (TPSA) is 49.8 Å². The van der Waals surface area contributed by atoms with E-state index in [2.05, 4.69) is 37.9 Å². The highest BCUT2D eigenvalue weighted by Crippen LogP contribution is 2.18. The lowest BCUT2D eigenvalue weighted by molar-refractivity contribution is 0.0697. The first-order chi connectivity index (χ1) is 12.0. The van der Waals surface area contributed by atoms with Crippen molar-refractivity contribution in [3.8, 4) is 5.75 Å². The van der Waals surface area contributed by atoms with Crippen molar-refractivity contribution in [2.24, 2.45) is 0 Å². The summed E-state index contributed by atoms with van der Waals surface area (Å²) in [7, 11) is 2.12. The van der Waals surface area contributed by atoms with E-state index >= 15 is 0 Å². The SMILES string of the molecule is CC(C)N(C)CCC(Cc1ccccc1)Oc1ccc(C(=O)O)cc1. The van der Waals surface area contributed by atoms with Gasteiger partial charge in [0.05, 0.1) is 5.56 Å². The Hall–Kier alpha value is -2.33. The van der Waals surface area contributed by atoms with Crippen molar-refractivity contribution in [3.05, 3.63) is 65.7 Å². The molecular formula is C21H27NO3. The second kappa shape index (κ2) is 9.23. The molecule has 2 aromatic carbocycles. The number of carboxylic acid groups (broad SMARTS) is 1. The molecule has 0 aliphatic rings. The molecule has 0 spiro atoms. The maximum atomic E-state index is 11.0. The number of carboxylic acids is 1. The minimum absolute atomic E-state index is 0.0410. The van der Waals surface area contributed by atoms with Gasteiger partial charge < -0.3 is 14.7 Å². The van der Waals surface area contributed by atoms with E-state index in [0.717, 1.165) is 19.4 Å². The van der Waals surface area contributed by atoms with Gasteiger partial charge in [0, 0.05) is 19.0 Å². The van der Waals surface area contributed by atoms with Crippen LogP contribution in [-0.2, 0) is 6.42 Å². The third-order valence-corrected chi connectivity index (χ3v) is 4.40. The minimum atomic E-state index is -0.925. The van der Waals surface area contributed by atoms with Crippen molar-refractivity contribution < 1.29 is 14.6 Å². The van der Waals surface area contributed by atoms with E-state index in [1.165, 1.54) is 5.56 Å². The summed E-state index contributed by atoms with van der Waals surface area (Å²) in [6.45, 7) is 5.30. The van der Waals surface area contributed by atoms with Gasteiger partial charge >= 0.3 is 5.97 Å². The van der Waals surface area contributed by atoms with E-state index in [0.29, 0.717) is 11.8 Å². The molecule has 1 unspecified atom stereocenters. The fourth-order valence-corrected chi connectivity index (χ4v) is 2.55. The lowest BCUT2D eigenvalue weighted by atomic mass is 10.0. The molecule has 0 fully saturated rings. The summed E-state index contributed by atoms with van der Waals surface area (Å²) in [5.41, 5.74) is 1.51. The molecule has 25 heavy (non-hydrogen) atoms. The van der Waals surface area contributed by atoms with Crippen molar-refractivity contribution in [2.45, 2.75) is 38.8 Å². The second-order valence-corrected chi connectivity index (χ2v) is 6.62. The number of hydrogen-bond acceptors (Lipinski definition) is 3. The maximum Gasteiger partial charge on any atom is 0.335 e. The van der Waals surface area contributed by atoms with E-state index in [1.807, 2.05) is 18.2 Å². The molecule has 4 heteroatoms. The monoisotopic (exact) mass is 341 g/mol. The van der Waals surface area contributed by atoms with Gasteiger partial charge in [-0.1, -0.05) is 30.3 Å². The van der Waals surface area contributed by atoms with Crippen LogP contribution in [0.1, 0.15) is 36.2 Å². The Labute approximate surface area is 150 Å². The third-order valence-electron chi connectivity index (χ3n) is 4.40. The molecule has 0 heterocycles. The number of nitrogens with zero attached hydrogens (tertiary/aromatic N) is 1. The number of carbonyl (C=O) groups is 1. The molecule has 1 atom stereocenters. The van der Waals surface area contributed by atoms with Gasteiger partial charge in [0.25, 0.3) is 0 Å². The third kappa shape index (κ3) is 6.24. The molecule has 0 saturated carbocycles. The van der Waals surface area contributed by atoms with E-state index in [9.17, 15) is 4.79 Å². The number of rotatable bonds is 9. The first-order valence-corrected chi connectivity index (χ1v) is 8.70. The van der Waals surface area contributed by atoms with Gasteiger partial charge in [-0.2, -0.15) is 0 Å². The predicted molar refractivity (Wildman–Crippen MR) is 100 cm³/mol. The Morgan fingerprint density at radius 2 is 1.72 bits per heavy atom. The van der Waals surface area contributed by atoms with Crippen LogP contribution in [0.15, 0.2) is 54.6 Å². The molecule has 134 valence electrons. The van der Waals surface area contributed by atoms with Crippen molar-refractivity contribution in [2.75, 3.05) is 13.6 Å². The molecule has 0 aliphatic heterocycles. The molecule has 0 amide bonds. The molecule has 0 radical (unpaired) electrons. The smallest absolute Gasteiger partial charge is 0.335 e. The quantitative estimate of drug-likeness (QED) is 0.746. The van der Waals surface area contributed by atoms with Gasteiger partial charge in [0.2, 0.25) is 0 Å². The lowest BCUT2D eigenvalue weighted by Crippen LogP contribution is -2.32. The Kier molecular flexibility index (Phi) is 7.02. The summed E-state index contributed by atoms with van der Waals surface area (Å²) in [5, 5.41) is 9.00. The van der Waals surface area contributed by atoms with E-state index < -0.39 is 5.97 Å². The molecule has 0 aromatic heterocycles. The number of aromatic carboxylic acids is 1. The molecular weight excluding hydrogens is 314 g/mol. The summed E-state index contributed by atoms with van der Waals surface area (Å²) >= 11 is 0. The maximum absolute atomic E-state index is 11.0. The van der Waals surface area contributed by atoms with Crippen LogP contribution >= 0.6 is 0 Å². The highest BCUT2D eigenvalue weighted by Gasteiger charge is 2.14. The van der Waals surface area contributed by atoms with Crippen molar-refractivity contribution in [1.82, 2.24) is 4.90 Å². The summed E-state index contributed by atoms with van der Waals surface area (Å²) in [5.74, 6) is -0.218. The second-order valence-electron chi connectivity index (χ2n) is 6.62. The zero-order chi connectivity index (χ0) is 18.2. The molecule has 1 N–H and O–H groups in total. The Morgan fingerprint density at radius 3 is 2.28 bits per heavy atom. The van der Waals surface area contributed by atoms with Crippen LogP contribution in [0.2, 0.25) is 0 Å². The average molecular weight is 341 g/mol. The Balaban J connectivity index is 2.05. The fourth-order valence-electron chi connectivity index (χ4n) is 2.55.